The molecule has 32 heavy (non-hydrogen) atoms. The van der Waals surface area contributed by atoms with E-state index in [0.29, 0.717) is 0 Å². The number of amides is 1. The maximum atomic E-state index is 12.3. The third-order valence-electron chi connectivity index (χ3n) is 5.61. The number of hydrogen-bond acceptors (Lipinski definition) is 7. The molecule has 0 saturated carbocycles. The summed E-state index contributed by atoms with van der Waals surface area (Å²) < 4.78 is 1.26. The van der Waals surface area contributed by atoms with Crippen molar-refractivity contribution < 1.29 is 4.79 Å². The van der Waals surface area contributed by atoms with Gasteiger partial charge in [-0.15, -0.1) is 22.7 Å². The molecule has 1 saturated heterocycles. The minimum atomic E-state index is -0.0273. The number of para-hydroxylation sites is 2. The molecule has 0 unspecified atom stereocenters. The van der Waals surface area contributed by atoms with Gasteiger partial charge in [0, 0.05) is 45.0 Å². The van der Waals surface area contributed by atoms with Crippen LogP contribution in [0.4, 0.5) is 10.8 Å². The molecule has 1 fully saturated rings. The summed E-state index contributed by atoms with van der Waals surface area (Å²) in [5, 5.41) is 3.99. The lowest BCUT2D eigenvalue weighted by atomic mass is 10.3. The van der Waals surface area contributed by atoms with Crippen LogP contribution in [0.2, 0.25) is 0 Å². The Morgan fingerprint density at radius 2 is 1.62 bits per heavy atom. The van der Waals surface area contributed by atoms with E-state index in [9.17, 15) is 4.79 Å². The molecule has 0 N–H and O–H groups in total. The first-order chi connectivity index (χ1) is 15.7. The first kappa shape index (κ1) is 21.2. The number of aromatic nitrogens is 2. The van der Waals surface area contributed by atoms with Crippen LogP contribution in [-0.2, 0) is 17.9 Å². The van der Waals surface area contributed by atoms with E-state index in [1.807, 2.05) is 36.4 Å². The molecule has 3 heterocycles. The van der Waals surface area contributed by atoms with Crippen molar-refractivity contribution in [1.29, 1.82) is 0 Å². The normalized spacial score (nSPS) is 15.3. The Labute approximate surface area is 195 Å². The van der Waals surface area contributed by atoms with E-state index < -0.39 is 0 Å². The summed E-state index contributed by atoms with van der Waals surface area (Å²) in [7, 11) is 0. The molecule has 0 bridgehead atoms. The molecular weight excluding hydrogens is 438 g/mol. The Kier molecular flexibility index (Phi) is 6.27. The number of rotatable bonds is 6. The average Bonchev–Trinajstić information content (AvgIpc) is 3.42. The highest BCUT2D eigenvalue weighted by Gasteiger charge is 2.21. The van der Waals surface area contributed by atoms with Gasteiger partial charge < -0.3 is 0 Å². The fraction of sp³-hybridized carbons (Fsp3) is 0.292. The highest BCUT2D eigenvalue weighted by atomic mass is 32.1. The lowest BCUT2D eigenvalue weighted by molar-refractivity contribution is -0.115. The second-order valence-electron chi connectivity index (χ2n) is 7.94. The van der Waals surface area contributed by atoms with Crippen molar-refractivity contribution in [2.24, 2.45) is 0 Å². The Bertz CT molecular complexity index is 1160. The van der Waals surface area contributed by atoms with Crippen molar-refractivity contribution in [3.05, 3.63) is 70.7 Å². The summed E-state index contributed by atoms with van der Waals surface area (Å²) >= 11 is 3.32. The molecule has 0 atom stereocenters. The van der Waals surface area contributed by atoms with E-state index in [1.165, 1.54) is 21.0 Å². The molecular formula is C24H25N5OS2. The quantitative estimate of drug-likeness (QED) is 0.413. The smallest absolute Gasteiger partial charge is 0.230 e. The maximum Gasteiger partial charge on any atom is 0.230 e. The second kappa shape index (κ2) is 9.46. The van der Waals surface area contributed by atoms with E-state index in [2.05, 4.69) is 33.4 Å². The number of piperazine rings is 1. The number of hydrogen-bond donors (Lipinski definition) is 0. The van der Waals surface area contributed by atoms with E-state index in [0.717, 1.165) is 61.3 Å². The van der Waals surface area contributed by atoms with Crippen LogP contribution in [-0.4, -0.2) is 51.9 Å². The van der Waals surface area contributed by atoms with Crippen LogP contribution in [0.1, 0.15) is 17.6 Å². The molecule has 4 aromatic rings. The third kappa shape index (κ3) is 4.73. The van der Waals surface area contributed by atoms with Gasteiger partial charge in [0.2, 0.25) is 5.91 Å². The van der Waals surface area contributed by atoms with Crippen molar-refractivity contribution in [2.75, 3.05) is 31.1 Å². The summed E-state index contributed by atoms with van der Waals surface area (Å²) in [6.07, 6.45) is 0. The van der Waals surface area contributed by atoms with Crippen molar-refractivity contribution in [2.45, 2.75) is 20.0 Å². The predicted molar refractivity (Wildman–Crippen MR) is 132 cm³/mol. The van der Waals surface area contributed by atoms with Gasteiger partial charge in [-0.05, 0) is 24.3 Å². The minimum absolute atomic E-state index is 0.0273. The van der Waals surface area contributed by atoms with Crippen LogP contribution in [0.25, 0.3) is 10.2 Å². The van der Waals surface area contributed by atoms with Crippen LogP contribution in [0.15, 0.2) is 60.0 Å². The van der Waals surface area contributed by atoms with Gasteiger partial charge >= 0.3 is 0 Å². The summed E-state index contributed by atoms with van der Waals surface area (Å²) in [6, 6.07) is 18.0. The molecule has 1 aliphatic rings. The monoisotopic (exact) mass is 463 g/mol. The molecule has 0 aliphatic carbocycles. The number of fused-ring (bicyclic) bond motifs is 1. The van der Waals surface area contributed by atoms with Crippen LogP contribution < -0.4 is 4.90 Å². The molecule has 6 nitrogen and oxygen atoms in total. The Hall–Kier alpha value is -2.65. The lowest BCUT2D eigenvalue weighted by Crippen LogP contribution is -2.45. The molecule has 1 amide bonds. The Morgan fingerprint density at radius 1 is 0.938 bits per heavy atom. The van der Waals surface area contributed by atoms with Gasteiger partial charge in [-0.3, -0.25) is 19.5 Å². The van der Waals surface area contributed by atoms with Gasteiger partial charge in [0.1, 0.15) is 5.01 Å². The molecule has 0 spiro atoms. The van der Waals surface area contributed by atoms with Gasteiger partial charge in [0.05, 0.1) is 28.1 Å². The molecule has 164 valence electrons. The first-order valence-corrected chi connectivity index (χ1v) is 12.4. The molecule has 0 radical (unpaired) electrons. The lowest BCUT2D eigenvalue weighted by Gasteiger charge is -2.33. The molecule has 2 aromatic carbocycles. The Balaban J connectivity index is 1.18. The summed E-state index contributed by atoms with van der Waals surface area (Å²) in [5.74, 6) is -0.0273. The van der Waals surface area contributed by atoms with E-state index in [1.54, 1.807) is 23.2 Å². The number of carbonyl (C=O) groups is 1. The van der Waals surface area contributed by atoms with Crippen LogP contribution in [0, 0.1) is 0 Å². The number of thiazole rings is 2. The fourth-order valence-corrected chi connectivity index (χ4v) is 5.88. The highest BCUT2D eigenvalue weighted by Crippen LogP contribution is 2.29. The number of carbonyl (C=O) groups excluding carboxylic acids is 1. The zero-order valence-corrected chi connectivity index (χ0v) is 19.6. The van der Waals surface area contributed by atoms with Gasteiger partial charge in [-0.2, -0.15) is 0 Å². The van der Waals surface area contributed by atoms with Crippen molar-refractivity contribution >= 4 is 49.6 Å². The maximum absolute atomic E-state index is 12.3. The minimum Gasteiger partial charge on any atom is -0.295 e. The molecule has 1 aliphatic heterocycles. The molecule has 5 rings (SSSR count). The number of anilines is 2. The van der Waals surface area contributed by atoms with Crippen LogP contribution >= 0.6 is 22.7 Å². The van der Waals surface area contributed by atoms with Crippen LogP contribution in [0.3, 0.4) is 0 Å². The van der Waals surface area contributed by atoms with Gasteiger partial charge in [-0.25, -0.2) is 9.97 Å². The van der Waals surface area contributed by atoms with Crippen molar-refractivity contribution in [3.8, 4) is 0 Å². The third-order valence-corrected chi connectivity index (χ3v) is 7.50. The number of benzene rings is 2. The Morgan fingerprint density at radius 3 is 2.34 bits per heavy atom. The van der Waals surface area contributed by atoms with Gasteiger partial charge in [0.15, 0.2) is 5.13 Å². The largest absolute Gasteiger partial charge is 0.295 e. The van der Waals surface area contributed by atoms with Crippen molar-refractivity contribution in [3.63, 3.8) is 0 Å². The average molecular weight is 464 g/mol. The predicted octanol–water partition coefficient (Wildman–Crippen LogP) is 4.76. The first-order valence-electron chi connectivity index (χ1n) is 10.7. The number of nitrogens with zero attached hydrogens (tertiary/aromatic N) is 5. The fourth-order valence-electron chi connectivity index (χ4n) is 3.99. The topological polar surface area (TPSA) is 52.6 Å². The molecule has 2 aromatic heterocycles. The van der Waals surface area contributed by atoms with E-state index in [4.69, 9.17) is 9.97 Å². The SMILES string of the molecule is CC(=O)N(c1ccccc1)c1nc(CN2CCN(Cc3nc4ccccc4s3)CC2)cs1. The van der Waals surface area contributed by atoms with Gasteiger partial charge in [0.25, 0.3) is 0 Å². The van der Waals surface area contributed by atoms with E-state index >= 15 is 0 Å². The van der Waals surface area contributed by atoms with Crippen molar-refractivity contribution in [1.82, 2.24) is 19.8 Å². The highest BCUT2D eigenvalue weighted by molar-refractivity contribution is 7.18. The standard InChI is InChI=1S/C24H25N5OS2/c1-18(30)29(20-7-3-2-4-8-20)24-25-19(17-31-24)15-27-11-13-28(14-12-27)16-23-26-21-9-5-6-10-22(21)32-23/h2-10,17H,11-16H2,1H3. The summed E-state index contributed by atoms with van der Waals surface area (Å²) in [6.45, 7) is 7.37. The van der Waals surface area contributed by atoms with Gasteiger partial charge in [-0.1, -0.05) is 30.3 Å². The summed E-state index contributed by atoms with van der Waals surface area (Å²) in [4.78, 5) is 28.4. The summed E-state index contributed by atoms with van der Waals surface area (Å²) in [5.41, 5.74) is 2.97. The zero-order chi connectivity index (χ0) is 21.9. The van der Waals surface area contributed by atoms with E-state index in [-0.39, 0.29) is 5.91 Å². The zero-order valence-electron chi connectivity index (χ0n) is 18.0. The second-order valence-corrected chi connectivity index (χ2v) is 9.89. The van der Waals surface area contributed by atoms with Crippen LogP contribution in [0.5, 0.6) is 0 Å². The molecule has 8 heteroatoms.